The SMILES string of the molecule is COc1ccc(-c2nccn2-c2ccc(Cl)cc2)c(OC)c1OC. The van der Waals surface area contributed by atoms with Crippen LogP contribution in [0.4, 0.5) is 0 Å². The highest BCUT2D eigenvalue weighted by Crippen LogP contribution is 2.44. The number of imidazole rings is 1. The lowest BCUT2D eigenvalue weighted by molar-refractivity contribution is 0.325. The van der Waals surface area contributed by atoms with Crippen molar-refractivity contribution >= 4 is 11.6 Å². The van der Waals surface area contributed by atoms with Crippen LogP contribution in [-0.4, -0.2) is 30.9 Å². The monoisotopic (exact) mass is 344 g/mol. The summed E-state index contributed by atoms with van der Waals surface area (Å²) in [5, 5.41) is 0.684. The molecule has 3 aromatic rings. The third kappa shape index (κ3) is 2.78. The van der Waals surface area contributed by atoms with Gasteiger partial charge in [-0.05, 0) is 36.4 Å². The molecule has 0 radical (unpaired) electrons. The fraction of sp³-hybridized carbons (Fsp3) is 0.167. The molecule has 124 valence electrons. The predicted molar refractivity (Wildman–Crippen MR) is 93.7 cm³/mol. The molecule has 0 atom stereocenters. The Bertz CT molecular complexity index is 844. The Morgan fingerprint density at radius 2 is 1.58 bits per heavy atom. The van der Waals surface area contributed by atoms with Gasteiger partial charge in [0.05, 0.1) is 26.9 Å². The molecule has 0 bridgehead atoms. The highest BCUT2D eigenvalue weighted by Gasteiger charge is 2.20. The first-order chi connectivity index (χ1) is 11.7. The number of hydrogen-bond acceptors (Lipinski definition) is 4. The van der Waals surface area contributed by atoms with Crippen LogP contribution < -0.4 is 14.2 Å². The van der Waals surface area contributed by atoms with Gasteiger partial charge >= 0.3 is 0 Å². The molecule has 1 aromatic heterocycles. The molecule has 0 spiro atoms. The molecule has 0 saturated heterocycles. The largest absolute Gasteiger partial charge is 0.493 e. The van der Waals surface area contributed by atoms with Crippen molar-refractivity contribution in [3.05, 3.63) is 53.8 Å². The molecule has 1 heterocycles. The number of aromatic nitrogens is 2. The van der Waals surface area contributed by atoms with Crippen molar-refractivity contribution in [1.82, 2.24) is 9.55 Å². The van der Waals surface area contributed by atoms with Crippen molar-refractivity contribution < 1.29 is 14.2 Å². The third-order valence-corrected chi connectivity index (χ3v) is 3.94. The maximum atomic E-state index is 5.98. The van der Waals surface area contributed by atoms with Crippen LogP contribution in [0.25, 0.3) is 17.1 Å². The Kier molecular flexibility index (Phi) is 4.62. The quantitative estimate of drug-likeness (QED) is 0.695. The molecule has 0 saturated carbocycles. The summed E-state index contributed by atoms with van der Waals surface area (Å²) in [4.78, 5) is 4.48. The van der Waals surface area contributed by atoms with Crippen molar-refractivity contribution in [3.8, 4) is 34.3 Å². The van der Waals surface area contributed by atoms with Gasteiger partial charge in [-0.15, -0.1) is 0 Å². The summed E-state index contributed by atoms with van der Waals surface area (Å²) in [5.41, 5.74) is 1.75. The molecule has 0 fully saturated rings. The summed E-state index contributed by atoms with van der Waals surface area (Å²) in [7, 11) is 4.76. The van der Waals surface area contributed by atoms with Crippen molar-refractivity contribution in [3.63, 3.8) is 0 Å². The molecule has 6 heteroatoms. The average molecular weight is 345 g/mol. The van der Waals surface area contributed by atoms with Gasteiger partial charge < -0.3 is 14.2 Å². The van der Waals surface area contributed by atoms with Crippen LogP contribution in [0.2, 0.25) is 5.02 Å². The first-order valence-electron chi connectivity index (χ1n) is 7.28. The van der Waals surface area contributed by atoms with Gasteiger partial charge in [-0.3, -0.25) is 4.57 Å². The highest BCUT2D eigenvalue weighted by molar-refractivity contribution is 6.30. The van der Waals surface area contributed by atoms with E-state index < -0.39 is 0 Å². The molecule has 0 amide bonds. The third-order valence-electron chi connectivity index (χ3n) is 3.69. The first kappa shape index (κ1) is 16.2. The Morgan fingerprint density at radius 3 is 2.21 bits per heavy atom. The van der Waals surface area contributed by atoms with E-state index in [9.17, 15) is 0 Å². The smallest absolute Gasteiger partial charge is 0.204 e. The number of hydrogen-bond donors (Lipinski definition) is 0. The standard InChI is InChI=1S/C18H17ClN2O3/c1-22-15-9-8-14(16(23-2)17(15)24-3)18-20-10-11-21(18)13-6-4-12(19)5-7-13/h4-11H,1-3H3. The second-order valence-corrected chi connectivity index (χ2v) is 5.42. The van der Waals surface area contributed by atoms with E-state index >= 15 is 0 Å². The summed E-state index contributed by atoms with van der Waals surface area (Å²) < 4.78 is 18.3. The summed E-state index contributed by atoms with van der Waals surface area (Å²) in [6.45, 7) is 0. The van der Waals surface area contributed by atoms with Gasteiger partial charge in [0.15, 0.2) is 11.5 Å². The second kappa shape index (κ2) is 6.84. The average Bonchev–Trinajstić information content (AvgIpc) is 3.10. The van der Waals surface area contributed by atoms with E-state index in [0.29, 0.717) is 22.3 Å². The minimum absolute atomic E-state index is 0.531. The summed E-state index contributed by atoms with van der Waals surface area (Å²) in [5.74, 6) is 2.43. The topological polar surface area (TPSA) is 45.5 Å². The summed E-state index contributed by atoms with van der Waals surface area (Å²) in [6, 6.07) is 11.3. The van der Waals surface area contributed by atoms with Crippen molar-refractivity contribution in [2.75, 3.05) is 21.3 Å². The Hall–Kier alpha value is -2.66. The maximum absolute atomic E-state index is 5.98. The van der Waals surface area contributed by atoms with Gasteiger partial charge in [-0.1, -0.05) is 11.6 Å². The lowest BCUT2D eigenvalue weighted by Crippen LogP contribution is -2.01. The molecular weight excluding hydrogens is 328 g/mol. The van der Waals surface area contributed by atoms with Crippen molar-refractivity contribution in [2.45, 2.75) is 0 Å². The number of halogens is 1. The van der Waals surface area contributed by atoms with Gasteiger partial charge in [-0.2, -0.15) is 0 Å². The van der Waals surface area contributed by atoms with Gasteiger partial charge in [0.1, 0.15) is 5.82 Å². The molecule has 0 N–H and O–H groups in total. The number of nitrogens with zero attached hydrogens (tertiary/aromatic N) is 2. The normalized spacial score (nSPS) is 10.5. The van der Waals surface area contributed by atoms with E-state index in [4.69, 9.17) is 25.8 Å². The molecule has 2 aromatic carbocycles. The lowest BCUT2D eigenvalue weighted by Gasteiger charge is -2.16. The minimum atomic E-state index is 0.531. The van der Waals surface area contributed by atoms with Crippen LogP contribution in [0.15, 0.2) is 48.8 Å². The molecule has 0 aliphatic carbocycles. The number of benzene rings is 2. The van der Waals surface area contributed by atoms with E-state index in [1.54, 1.807) is 27.5 Å². The second-order valence-electron chi connectivity index (χ2n) is 4.98. The van der Waals surface area contributed by atoms with Gasteiger partial charge in [0.2, 0.25) is 5.75 Å². The molecule has 24 heavy (non-hydrogen) atoms. The van der Waals surface area contributed by atoms with E-state index in [1.165, 1.54) is 0 Å². The lowest BCUT2D eigenvalue weighted by atomic mass is 10.1. The zero-order chi connectivity index (χ0) is 17.1. The van der Waals surface area contributed by atoms with Crippen LogP contribution in [0, 0.1) is 0 Å². The Labute approximate surface area is 145 Å². The van der Waals surface area contributed by atoms with Crippen LogP contribution >= 0.6 is 11.6 Å². The Morgan fingerprint density at radius 1 is 0.875 bits per heavy atom. The molecule has 0 aliphatic heterocycles. The zero-order valence-electron chi connectivity index (χ0n) is 13.6. The summed E-state index contributed by atoms with van der Waals surface area (Å²) in [6.07, 6.45) is 3.62. The van der Waals surface area contributed by atoms with E-state index in [0.717, 1.165) is 17.1 Å². The molecule has 5 nitrogen and oxygen atoms in total. The van der Waals surface area contributed by atoms with Crippen molar-refractivity contribution in [2.24, 2.45) is 0 Å². The number of ether oxygens (including phenoxy) is 3. The van der Waals surface area contributed by atoms with Gasteiger partial charge in [0.25, 0.3) is 0 Å². The first-order valence-corrected chi connectivity index (χ1v) is 7.66. The highest BCUT2D eigenvalue weighted by atomic mass is 35.5. The molecule has 0 aliphatic rings. The van der Waals surface area contributed by atoms with E-state index in [2.05, 4.69) is 4.98 Å². The van der Waals surface area contributed by atoms with Gasteiger partial charge in [0, 0.05) is 23.1 Å². The van der Waals surface area contributed by atoms with Crippen LogP contribution in [0.1, 0.15) is 0 Å². The molecule has 0 unspecified atom stereocenters. The molecular formula is C18H17ClN2O3. The zero-order valence-corrected chi connectivity index (χ0v) is 14.4. The predicted octanol–water partition coefficient (Wildman–Crippen LogP) is 4.22. The molecule has 3 rings (SSSR count). The van der Waals surface area contributed by atoms with Crippen molar-refractivity contribution in [1.29, 1.82) is 0 Å². The van der Waals surface area contributed by atoms with Crippen LogP contribution in [-0.2, 0) is 0 Å². The van der Waals surface area contributed by atoms with Crippen LogP contribution in [0.5, 0.6) is 17.2 Å². The summed E-state index contributed by atoms with van der Waals surface area (Å²) >= 11 is 5.98. The number of rotatable bonds is 5. The van der Waals surface area contributed by atoms with E-state index in [1.807, 2.05) is 47.2 Å². The van der Waals surface area contributed by atoms with Crippen LogP contribution in [0.3, 0.4) is 0 Å². The Balaban J connectivity index is 2.17. The van der Waals surface area contributed by atoms with Gasteiger partial charge in [-0.25, -0.2) is 4.98 Å². The minimum Gasteiger partial charge on any atom is -0.493 e. The fourth-order valence-electron chi connectivity index (χ4n) is 2.59. The number of methoxy groups -OCH3 is 3. The fourth-order valence-corrected chi connectivity index (χ4v) is 2.72. The maximum Gasteiger partial charge on any atom is 0.204 e. The van der Waals surface area contributed by atoms with E-state index in [-0.39, 0.29) is 0 Å².